The minimum Gasteiger partial charge on any atom is -0.504 e. The fourth-order valence-electron chi connectivity index (χ4n) is 4.47. The summed E-state index contributed by atoms with van der Waals surface area (Å²) in [5, 5.41) is 17.9. The SMILES string of the molecule is COc1ccc([C@H](OC(=O)Nc2cccc3ccccc23)[C@H](C)CC/C=C/C(=O)Nc2ccccc2N)cc1O. The van der Waals surface area contributed by atoms with Gasteiger partial charge in [-0.25, -0.2) is 4.79 Å². The number of hydrogen-bond donors (Lipinski definition) is 4. The van der Waals surface area contributed by atoms with Crippen molar-refractivity contribution < 1.29 is 24.2 Å². The zero-order chi connectivity index (χ0) is 28.5. The van der Waals surface area contributed by atoms with Crippen LogP contribution in [-0.4, -0.2) is 24.2 Å². The van der Waals surface area contributed by atoms with Crippen LogP contribution in [0.3, 0.4) is 0 Å². The standard InChI is InChI=1S/C32H33N3O5/c1-21(10-3-8-17-30(37)34-27-15-7-6-14-25(27)33)31(23-18-19-29(39-2)28(36)20-23)40-32(38)35-26-16-9-12-22-11-4-5-13-24(22)26/h4-9,11-21,31,36H,3,10,33H2,1-2H3,(H,34,37)(H,35,38)/b17-8+/t21-,31-/m1/s1. The molecule has 40 heavy (non-hydrogen) atoms. The van der Waals surface area contributed by atoms with Crippen LogP contribution in [0.25, 0.3) is 10.8 Å². The number of para-hydroxylation sites is 2. The molecule has 0 fully saturated rings. The highest BCUT2D eigenvalue weighted by molar-refractivity contribution is 6.01. The maximum absolute atomic E-state index is 13.1. The van der Waals surface area contributed by atoms with Crippen molar-refractivity contribution in [2.24, 2.45) is 5.92 Å². The van der Waals surface area contributed by atoms with Gasteiger partial charge in [0, 0.05) is 5.39 Å². The van der Waals surface area contributed by atoms with E-state index in [4.69, 9.17) is 15.2 Å². The molecule has 8 heteroatoms. The van der Waals surface area contributed by atoms with Crippen LogP contribution in [0.1, 0.15) is 31.4 Å². The number of benzene rings is 4. The Morgan fingerprint density at radius 1 is 0.950 bits per heavy atom. The molecule has 0 aromatic heterocycles. The van der Waals surface area contributed by atoms with Gasteiger partial charge >= 0.3 is 6.09 Å². The second-order valence-corrected chi connectivity index (χ2v) is 9.44. The molecule has 0 radical (unpaired) electrons. The van der Waals surface area contributed by atoms with Crippen molar-refractivity contribution in [1.29, 1.82) is 0 Å². The first-order chi connectivity index (χ1) is 19.4. The van der Waals surface area contributed by atoms with E-state index in [-0.39, 0.29) is 17.6 Å². The molecule has 206 valence electrons. The summed E-state index contributed by atoms with van der Waals surface area (Å²) in [6.07, 6.45) is 3.12. The molecule has 5 N–H and O–H groups in total. The number of fused-ring (bicyclic) bond motifs is 1. The molecule has 4 aromatic rings. The van der Waals surface area contributed by atoms with Gasteiger partial charge in [-0.1, -0.05) is 67.6 Å². The Balaban J connectivity index is 1.45. The number of methoxy groups -OCH3 is 1. The van der Waals surface area contributed by atoms with E-state index in [2.05, 4.69) is 10.6 Å². The first kappa shape index (κ1) is 28.0. The lowest BCUT2D eigenvalue weighted by Crippen LogP contribution is -2.22. The number of phenols is 1. The van der Waals surface area contributed by atoms with Crippen LogP contribution in [0.2, 0.25) is 0 Å². The molecule has 0 saturated carbocycles. The molecule has 0 aliphatic carbocycles. The van der Waals surface area contributed by atoms with Crippen molar-refractivity contribution in [3.8, 4) is 11.5 Å². The summed E-state index contributed by atoms with van der Waals surface area (Å²) in [7, 11) is 1.47. The quantitative estimate of drug-likeness (QED) is 0.127. The van der Waals surface area contributed by atoms with Crippen LogP contribution in [0.5, 0.6) is 11.5 Å². The number of hydrogen-bond acceptors (Lipinski definition) is 6. The number of aromatic hydroxyl groups is 1. The molecule has 0 aliphatic rings. The summed E-state index contributed by atoms with van der Waals surface area (Å²) in [5.74, 6) is -0.160. The maximum atomic E-state index is 13.1. The molecule has 2 atom stereocenters. The number of carbonyl (C=O) groups is 2. The van der Waals surface area contributed by atoms with Crippen LogP contribution in [0.15, 0.2) is 97.1 Å². The highest BCUT2D eigenvalue weighted by Gasteiger charge is 2.25. The van der Waals surface area contributed by atoms with E-state index in [1.165, 1.54) is 13.2 Å². The number of nitrogens with one attached hydrogen (secondary N) is 2. The second kappa shape index (κ2) is 13.2. The number of amides is 2. The smallest absolute Gasteiger partial charge is 0.412 e. The van der Waals surface area contributed by atoms with Crippen molar-refractivity contribution in [3.05, 3.63) is 103 Å². The zero-order valence-electron chi connectivity index (χ0n) is 22.5. The zero-order valence-corrected chi connectivity index (χ0v) is 22.5. The topological polar surface area (TPSA) is 123 Å². The summed E-state index contributed by atoms with van der Waals surface area (Å²) >= 11 is 0. The fraction of sp³-hybridized carbons (Fsp3) is 0.188. The summed E-state index contributed by atoms with van der Waals surface area (Å²) < 4.78 is 11.1. The number of phenolic OH excluding ortho intramolecular Hbond substituents is 1. The first-order valence-corrected chi connectivity index (χ1v) is 13.0. The molecule has 8 nitrogen and oxygen atoms in total. The third-order valence-electron chi connectivity index (χ3n) is 6.59. The summed E-state index contributed by atoms with van der Waals surface area (Å²) in [5.41, 5.74) is 8.19. The lowest BCUT2D eigenvalue weighted by molar-refractivity contribution is -0.111. The highest BCUT2D eigenvalue weighted by Crippen LogP contribution is 2.35. The Labute approximate surface area is 233 Å². The lowest BCUT2D eigenvalue weighted by Gasteiger charge is -2.25. The van der Waals surface area contributed by atoms with Gasteiger partial charge in [0.25, 0.3) is 0 Å². The van der Waals surface area contributed by atoms with Gasteiger partial charge in [-0.3, -0.25) is 10.1 Å². The highest BCUT2D eigenvalue weighted by atomic mass is 16.6. The van der Waals surface area contributed by atoms with Gasteiger partial charge in [-0.05, 0) is 66.1 Å². The summed E-state index contributed by atoms with van der Waals surface area (Å²) in [6.45, 7) is 1.95. The third kappa shape index (κ3) is 7.11. The van der Waals surface area contributed by atoms with E-state index in [0.29, 0.717) is 41.2 Å². The van der Waals surface area contributed by atoms with Crippen molar-refractivity contribution in [1.82, 2.24) is 0 Å². The largest absolute Gasteiger partial charge is 0.504 e. The average Bonchev–Trinajstić information content (AvgIpc) is 2.95. The molecule has 0 heterocycles. The van der Waals surface area contributed by atoms with E-state index in [1.807, 2.05) is 49.4 Å². The average molecular weight is 540 g/mol. The Kier molecular flexibility index (Phi) is 9.25. The Morgan fingerprint density at radius 2 is 1.68 bits per heavy atom. The monoisotopic (exact) mass is 539 g/mol. The minimum absolute atomic E-state index is 0.0491. The van der Waals surface area contributed by atoms with E-state index in [1.54, 1.807) is 48.5 Å². The van der Waals surface area contributed by atoms with Gasteiger partial charge in [0.1, 0.15) is 6.10 Å². The maximum Gasteiger partial charge on any atom is 0.412 e. The first-order valence-electron chi connectivity index (χ1n) is 13.0. The Bertz CT molecular complexity index is 1510. The van der Waals surface area contributed by atoms with Crippen LogP contribution in [-0.2, 0) is 9.53 Å². The van der Waals surface area contributed by atoms with Crippen molar-refractivity contribution in [3.63, 3.8) is 0 Å². The van der Waals surface area contributed by atoms with Crippen LogP contribution in [0, 0.1) is 5.92 Å². The number of anilines is 3. The summed E-state index contributed by atoms with van der Waals surface area (Å²) in [6, 6.07) is 25.4. The van der Waals surface area contributed by atoms with E-state index < -0.39 is 12.2 Å². The molecule has 0 saturated heterocycles. The number of allylic oxidation sites excluding steroid dienone is 1. The predicted octanol–water partition coefficient (Wildman–Crippen LogP) is 7.04. The van der Waals surface area contributed by atoms with Gasteiger partial charge in [-0.15, -0.1) is 0 Å². The minimum atomic E-state index is -0.668. The molecule has 0 spiro atoms. The molecule has 4 aromatic carbocycles. The predicted molar refractivity (Wildman–Crippen MR) is 158 cm³/mol. The molecular formula is C32H33N3O5. The van der Waals surface area contributed by atoms with Crippen LogP contribution < -0.4 is 21.1 Å². The molecule has 0 unspecified atom stereocenters. The van der Waals surface area contributed by atoms with Crippen LogP contribution in [0.4, 0.5) is 21.9 Å². The van der Waals surface area contributed by atoms with Gasteiger partial charge in [0.05, 0.1) is 24.2 Å². The second-order valence-electron chi connectivity index (χ2n) is 9.44. The molecule has 0 bridgehead atoms. The van der Waals surface area contributed by atoms with E-state index >= 15 is 0 Å². The van der Waals surface area contributed by atoms with Gasteiger partial charge < -0.3 is 25.6 Å². The number of nitrogens with two attached hydrogens (primary N) is 1. The van der Waals surface area contributed by atoms with Gasteiger partial charge in [0.2, 0.25) is 5.91 Å². The molecule has 4 rings (SSSR count). The molecular weight excluding hydrogens is 506 g/mol. The van der Waals surface area contributed by atoms with Crippen LogP contribution >= 0.6 is 0 Å². The van der Waals surface area contributed by atoms with E-state index in [0.717, 1.165) is 10.8 Å². The van der Waals surface area contributed by atoms with E-state index in [9.17, 15) is 14.7 Å². The molecule has 0 aliphatic heterocycles. The van der Waals surface area contributed by atoms with Crippen molar-refractivity contribution in [2.45, 2.75) is 25.9 Å². The van der Waals surface area contributed by atoms with Crippen molar-refractivity contribution >= 4 is 39.8 Å². The normalized spacial score (nSPS) is 12.6. The Hall–Kier alpha value is -4.98. The van der Waals surface area contributed by atoms with Gasteiger partial charge in [-0.2, -0.15) is 0 Å². The fourth-order valence-corrected chi connectivity index (χ4v) is 4.47. The summed E-state index contributed by atoms with van der Waals surface area (Å²) in [4.78, 5) is 25.4. The number of nitrogen functional groups attached to an aromatic ring is 1. The Morgan fingerprint density at radius 3 is 2.45 bits per heavy atom. The van der Waals surface area contributed by atoms with Gasteiger partial charge in [0.15, 0.2) is 11.5 Å². The number of carbonyl (C=O) groups excluding carboxylic acids is 2. The van der Waals surface area contributed by atoms with Crippen molar-refractivity contribution in [2.75, 3.05) is 23.5 Å². The molecule has 2 amide bonds. The number of ether oxygens (including phenoxy) is 2. The lowest BCUT2D eigenvalue weighted by atomic mass is 9.92. The third-order valence-corrected chi connectivity index (χ3v) is 6.59. The number of rotatable bonds is 10.